The smallest absolute Gasteiger partial charge is 0.0628 e. The Balaban J connectivity index is 2.32. The maximum Gasteiger partial charge on any atom is 0.0628 e. The molecule has 14 heavy (non-hydrogen) atoms. The number of rotatable bonds is 6. The SMILES string of the molecule is COC[C@@H](CN)NCc1ccccc1. The van der Waals surface area contributed by atoms with Gasteiger partial charge in [-0.15, -0.1) is 0 Å². The second-order valence-corrected chi connectivity index (χ2v) is 3.25. The average molecular weight is 194 g/mol. The van der Waals surface area contributed by atoms with E-state index in [1.165, 1.54) is 5.56 Å². The predicted molar refractivity (Wildman–Crippen MR) is 58.0 cm³/mol. The molecule has 78 valence electrons. The molecule has 1 rings (SSSR count). The second-order valence-electron chi connectivity index (χ2n) is 3.25. The topological polar surface area (TPSA) is 47.3 Å². The van der Waals surface area contributed by atoms with Gasteiger partial charge in [-0.3, -0.25) is 0 Å². The maximum absolute atomic E-state index is 5.58. The van der Waals surface area contributed by atoms with Crippen molar-refractivity contribution in [3.63, 3.8) is 0 Å². The molecule has 1 aromatic rings. The lowest BCUT2D eigenvalue weighted by Crippen LogP contribution is -2.39. The summed E-state index contributed by atoms with van der Waals surface area (Å²) in [7, 11) is 1.69. The third-order valence-electron chi connectivity index (χ3n) is 2.09. The fourth-order valence-corrected chi connectivity index (χ4v) is 1.27. The van der Waals surface area contributed by atoms with Crippen LogP contribution in [-0.2, 0) is 11.3 Å². The molecule has 1 atom stereocenters. The van der Waals surface area contributed by atoms with Gasteiger partial charge in [0.25, 0.3) is 0 Å². The maximum atomic E-state index is 5.58. The Kier molecular flexibility index (Phi) is 5.22. The van der Waals surface area contributed by atoms with Crippen LogP contribution in [0.5, 0.6) is 0 Å². The minimum atomic E-state index is 0.236. The van der Waals surface area contributed by atoms with E-state index in [4.69, 9.17) is 10.5 Å². The number of nitrogens with two attached hydrogens (primary N) is 1. The zero-order valence-corrected chi connectivity index (χ0v) is 8.57. The molecule has 3 nitrogen and oxygen atoms in total. The van der Waals surface area contributed by atoms with Crippen LogP contribution >= 0.6 is 0 Å². The van der Waals surface area contributed by atoms with Gasteiger partial charge in [0.1, 0.15) is 0 Å². The van der Waals surface area contributed by atoms with E-state index in [0.29, 0.717) is 13.2 Å². The summed E-state index contributed by atoms with van der Waals surface area (Å²) in [6, 6.07) is 10.5. The van der Waals surface area contributed by atoms with Crippen LogP contribution < -0.4 is 11.1 Å². The molecule has 0 aliphatic carbocycles. The zero-order valence-electron chi connectivity index (χ0n) is 8.57. The van der Waals surface area contributed by atoms with E-state index >= 15 is 0 Å². The number of hydrogen-bond donors (Lipinski definition) is 2. The minimum Gasteiger partial charge on any atom is -0.383 e. The van der Waals surface area contributed by atoms with Gasteiger partial charge in [-0.2, -0.15) is 0 Å². The van der Waals surface area contributed by atoms with Crippen LogP contribution in [-0.4, -0.2) is 26.3 Å². The second kappa shape index (κ2) is 6.54. The Morgan fingerprint density at radius 2 is 2.07 bits per heavy atom. The molecule has 0 bridgehead atoms. The number of nitrogens with one attached hydrogen (secondary N) is 1. The van der Waals surface area contributed by atoms with Gasteiger partial charge in [-0.25, -0.2) is 0 Å². The Bertz CT molecular complexity index is 238. The Labute approximate surface area is 85.3 Å². The standard InChI is InChI=1S/C11H18N2O/c1-14-9-11(7-12)13-8-10-5-3-2-4-6-10/h2-6,11,13H,7-9,12H2,1H3/t11-/m1/s1. The first-order chi connectivity index (χ1) is 6.86. The highest BCUT2D eigenvalue weighted by molar-refractivity contribution is 5.14. The number of hydrogen-bond acceptors (Lipinski definition) is 3. The first-order valence-electron chi connectivity index (χ1n) is 4.83. The molecule has 0 radical (unpaired) electrons. The van der Waals surface area contributed by atoms with Gasteiger partial charge in [0, 0.05) is 26.2 Å². The lowest BCUT2D eigenvalue weighted by molar-refractivity contribution is 0.168. The molecular weight excluding hydrogens is 176 g/mol. The van der Waals surface area contributed by atoms with E-state index in [2.05, 4.69) is 17.4 Å². The van der Waals surface area contributed by atoms with Gasteiger partial charge >= 0.3 is 0 Å². The van der Waals surface area contributed by atoms with Gasteiger partial charge in [0.15, 0.2) is 0 Å². The van der Waals surface area contributed by atoms with E-state index < -0.39 is 0 Å². The van der Waals surface area contributed by atoms with Crippen LogP contribution in [0.15, 0.2) is 30.3 Å². The van der Waals surface area contributed by atoms with Crippen LogP contribution in [0.25, 0.3) is 0 Å². The lowest BCUT2D eigenvalue weighted by Gasteiger charge is -2.15. The Hall–Kier alpha value is -0.900. The van der Waals surface area contributed by atoms with Crippen LogP contribution in [0.2, 0.25) is 0 Å². The number of ether oxygens (including phenoxy) is 1. The summed E-state index contributed by atoms with van der Waals surface area (Å²) in [5.41, 5.74) is 6.85. The monoisotopic (exact) mass is 194 g/mol. The summed E-state index contributed by atoms with van der Waals surface area (Å²) in [6.07, 6.45) is 0. The van der Waals surface area contributed by atoms with Gasteiger partial charge in [-0.05, 0) is 5.56 Å². The summed E-state index contributed by atoms with van der Waals surface area (Å²) in [4.78, 5) is 0. The molecule has 0 aliphatic heterocycles. The van der Waals surface area contributed by atoms with Crippen LogP contribution in [0.4, 0.5) is 0 Å². The largest absolute Gasteiger partial charge is 0.383 e. The molecule has 0 saturated carbocycles. The van der Waals surface area contributed by atoms with Gasteiger partial charge in [0.2, 0.25) is 0 Å². The van der Waals surface area contributed by atoms with Crippen molar-refractivity contribution in [3.05, 3.63) is 35.9 Å². The van der Waals surface area contributed by atoms with Gasteiger partial charge < -0.3 is 15.8 Å². The number of benzene rings is 1. The molecule has 0 aromatic heterocycles. The lowest BCUT2D eigenvalue weighted by atomic mass is 10.2. The van der Waals surface area contributed by atoms with Crippen molar-refractivity contribution in [2.45, 2.75) is 12.6 Å². The van der Waals surface area contributed by atoms with Crippen molar-refractivity contribution in [1.29, 1.82) is 0 Å². The first kappa shape index (κ1) is 11.2. The summed E-state index contributed by atoms with van der Waals surface area (Å²) < 4.78 is 5.04. The van der Waals surface area contributed by atoms with Crippen molar-refractivity contribution in [2.24, 2.45) is 5.73 Å². The predicted octanol–water partition coefficient (Wildman–Crippen LogP) is 0.750. The van der Waals surface area contributed by atoms with E-state index in [0.717, 1.165) is 6.54 Å². The summed E-state index contributed by atoms with van der Waals surface area (Å²) >= 11 is 0. The highest BCUT2D eigenvalue weighted by Crippen LogP contribution is 1.97. The molecular formula is C11H18N2O. The summed E-state index contributed by atoms with van der Waals surface area (Å²) in [6.45, 7) is 2.09. The van der Waals surface area contributed by atoms with Crippen LogP contribution in [0, 0.1) is 0 Å². The molecule has 0 aliphatic rings. The quantitative estimate of drug-likeness (QED) is 0.702. The third-order valence-corrected chi connectivity index (χ3v) is 2.09. The summed E-state index contributed by atoms with van der Waals surface area (Å²) in [5, 5.41) is 3.34. The van der Waals surface area contributed by atoms with Crippen molar-refractivity contribution in [1.82, 2.24) is 5.32 Å². The van der Waals surface area contributed by atoms with Crippen molar-refractivity contribution < 1.29 is 4.74 Å². The molecule has 0 saturated heterocycles. The molecule has 3 heteroatoms. The van der Waals surface area contributed by atoms with Crippen molar-refractivity contribution in [2.75, 3.05) is 20.3 Å². The van der Waals surface area contributed by atoms with Gasteiger partial charge in [-0.1, -0.05) is 30.3 Å². The van der Waals surface area contributed by atoms with E-state index in [9.17, 15) is 0 Å². The molecule has 1 aromatic carbocycles. The highest BCUT2D eigenvalue weighted by Gasteiger charge is 2.04. The molecule has 0 fully saturated rings. The molecule has 0 heterocycles. The molecule has 0 unspecified atom stereocenters. The average Bonchev–Trinajstić information content (AvgIpc) is 2.25. The minimum absolute atomic E-state index is 0.236. The number of methoxy groups -OCH3 is 1. The van der Waals surface area contributed by atoms with E-state index in [1.54, 1.807) is 7.11 Å². The molecule has 3 N–H and O–H groups in total. The third kappa shape index (κ3) is 3.87. The summed E-state index contributed by atoms with van der Waals surface area (Å²) in [5.74, 6) is 0. The highest BCUT2D eigenvalue weighted by atomic mass is 16.5. The van der Waals surface area contributed by atoms with Crippen LogP contribution in [0.1, 0.15) is 5.56 Å². The molecule has 0 spiro atoms. The van der Waals surface area contributed by atoms with E-state index in [-0.39, 0.29) is 6.04 Å². The normalized spacial score (nSPS) is 12.7. The Morgan fingerprint density at radius 3 is 2.64 bits per heavy atom. The van der Waals surface area contributed by atoms with Crippen LogP contribution in [0.3, 0.4) is 0 Å². The zero-order chi connectivity index (χ0) is 10.2. The fourth-order valence-electron chi connectivity index (χ4n) is 1.27. The molecule has 0 amide bonds. The van der Waals surface area contributed by atoms with Crippen molar-refractivity contribution >= 4 is 0 Å². The van der Waals surface area contributed by atoms with E-state index in [1.807, 2.05) is 18.2 Å². The van der Waals surface area contributed by atoms with Gasteiger partial charge in [0.05, 0.1) is 6.61 Å². The fraction of sp³-hybridized carbons (Fsp3) is 0.455. The Morgan fingerprint density at radius 1 is 1.36 bits per heavy atom. The first-order valence-corrected chi connectivity index (χ1v) is 4.83. The van der Waals surface area contributed by atoms with Crippen molar-refractivity contribution in [3.8, 4) is 0 Å².